The fourth-order valence-corrected chi connectivity index (χ4v) is 3.86. The highest BCUT2D eigenvalue weighted by Crippen LogP contribution is 2.25. The maximum absolute atomic E-state index is 12.9. The van der Waals surface area contributed by atoms with E-state index < -0.39 is 6.04 Å². The molecule has 3 N–H and O–H groups in total. The molecule has 3 aromatic rings. The molecule has 0 saturated carbocycles. The number of benzene rings is 2. The van der Waals surface area contributed by atoms with Gasteiger partial charge in [-0.2, -0.15) is 0 Å². The Morgan fingerprint density at radius 3 is 2.80 bits per heavy atom. The summed E-state index contributed by atoms with van der Waals surface area (Å²) in [5.41, 5.74) is 1.95. The smallest absolute Gasteiger partial charge is 0.255 e. The van der Waals surface area contributed by atoms with Gasteiger partial charge in [-0.3, -0.25) is 14.4 Å². The molecule has 0 aliphatic carbocycles. The van der Waals surface area contributed by atoms with Crippen molar-refractivity contribution in [3.05, 3.63) is 53.4 Å². The third-order valence-electron chi connectivity index (χ3n) is 5.68. The standard InChI is InChI=1S/C25H28N4O6/c1-15-28-19-9-6-16(13-22(19)35-15)23(30)29-20-5-3-4-10-26-24(31)18-8-7-17(33-2)14-21(18)34-12-11-27-25(20)32/h6-9,13-14,20H,3-5,10-12H2,1-2H3,(H,26,31)(H,27,32)(H,29,30)/t20-/m0/s1. The minimum absolute atomic E-state index is 0.140. The first-order valence-electron chi connectivity index (χ1n) is 11.5. The van der Waals surface area contributed by atoms with Gasteiger partial charge in [0.05, 0.1) is 19.2 Å². The van der Waals surface area contributed by atoms with Crippen LogP contribution >= 0.6 is 0 Å². The number of carbonyl (C=O) groups excluding carboxylic acids is 3. The molecule has 1 aliphatic heterocycles. The van der Waals surface area contributed by atoms with Crippen LogP contribution in [0.15, 0.2) is 40.8 Å². The van der Waals surface area contributed by atoms with Crippen LogP contribution in [0.1, 0.15) is 45.9 Å². The van der Waals surface area contributed by atoms with Crippen LogP contribution in [-0.2, 0) is 4.79 Å². The highest BCUT2D eigenvalue weighted by molar-refractivity contribution is 5.99. The molecule has 0 radical (unpaired) electrons. The van der Waals surface area contributed by atoms with Gasteiger partial charge in [0, 0.05) is 25.1 Å². The molecule has 10 heteroatoms. The van der Waals surface area contributed by atoms with Crippen molar-refractivity contribution in [1.29, 1.82) is 0 Å². The molecule has 0 bridgehead atoms. The van der Waals surface area contributed by atoms with E-state index in [4.69, 9.17) is 13.9 Å². The Bertz CT molecular complexity index is 1240. The van der Waals surface area contributed by atoms with Crippen LogP contribution in [0.2, 0.25) is 0 Å². The maximum atomic E-state index is 12.9. The highest BCUT2D eigenvalue weighted by atomic mass is 16.5. The zero-order valence-corrected chi connectivity index (χ0v) is 19.7. The third-order valence-corrected chi connectivity index (χ3v) is 5.68. The Hall–Kier alpha value is -4.08. The van der Waals surface area contributed by atoms with Gasteiger partial charge in [-0.05, 0) is 49.6 Å². The van der Waals surface area contributed by atoms with E-state index in [9.17, 15) is 14.4 Å². The van der Waals surface area contributed by atoms with E-state index in [-0.39, 0.29) is 30.9 Å². The van der Waals surface area contributed by atoms with Gasteiger partial charge in [0.2, 0.25) is 5.91 Å². The predicted octanol–water partition coefficient (Wildman–Crippen LogP) is 2.35. The second kappa shape index (κ2) is 10.9. The topological polar surface area (TPSA) is 132 Å². The summed E-state index contributed by atoms with van der Waals surface area (Å²) in [7, 11) is 1.53. The minimum Gasteiger partial charge on any atom is -0.497 e. The highest BCUT2D eigenvalue weighted by Gasteiger charge is 2.22. The number of methoxy groups -OCH3 is 1. The van der Waals surface area contributed by atoms with Gasteiger partial charge < -0.3 is 29.8 Å². The molecule has 0 unspecified atom stereocenters. The molecule has 0 saturated heterocycles. The largest absolute Gasteiger partial charge is 0.497 e. The molecule has 4 rings (SSSR count). The summed E-state index contributed by atoms with van der Waals surface area (Å²) in [5.74, 6) is 0.516. The van der Waals surface area contributed by atoms with E-state index in [1.165, 1.54) is 7.11 Å². The molecule has 0 fully saturated rings. The van der Waals surface area contributed by atoms with E-state index in [0.29, 0.717) is 65.4 Å². The van der Waals surface area contributed by atoms with Crippen LogP contribution in [0, 0.1) is 6.92 Å². The van der Waals surface area contributed by atoms with Crippen LogP contribution < -0.4 is 25.4 Å². The number of nitrogens with zero attached hydrogens (tertiary/aromatic N) is 1. The number of oxazole rings is 1. The van der Waals surface area contributed by atoms with Crippen molar-refractivity contribution in [2.45, 2.75) is 32.2 Å². The van der Waals surface area contributed by atoms with Crippen LogP contribution in [0.25, 0.3) is 11.1 Å². The zero-order valence-electron chi connectivity index (χ0n) is 19.7. The summed E-state index contributed by atoms with van der Waals surface area (Å²) < 4.78 is 16.5. The first kappa shape index (κ1) is 24.1. The summed E-state index contributed by atoms with van der Waals surface area (Å²) in [5, 5.41) is 8.50. The molecule has 0 spiro atoms. The Labute approximate surface area is 202 Å². The van der Waals surface area contributed by atoms with Gasteiger partial charge in [0.15, 0.2) is 11.5 Å². The van der Waals surface area contributed by atoms with Gasteiger partial charge in [-0.15, -0.1) is 0 Å². The summed E-state index contributed by atoms with van der Waals surface area (Å²) in [6.45, 7) is 2.50. The van der Waals surface area contributed by atoms with Crippen LogP contribution in [0.3, 0.4) is 0 Å². The molecule has 1 aromatic heterocycles. The van der Waals surface area contributed by atoms with E-state index in [1.54, 1.807) is 43.3 Å². The second-order valence-corrected chi connectivity index (χ2v) is 8.19. The lowest BCUT2D eigenvalue weighted by molar-refractivity contribution is -0.123. The minimum atomic E-state index is -0.735. The third kappa shape index (κ3) is 5.89. The zero-order chi connectivity index (χ0) is 24.8. The van der Waals surface area contributed by atoms with Gasteiger partial charge in [0.1, 0.15) is 29.7 Å². The summed E-state index contributed by atoms with van der Waals surface area (Å²) >= 11 is 0. The first-order chi connectivity index (χ1) is 16.9. The fraction of sp³-hybridized carbons (Fsp3) is 0.360. The lowest BCUT2D eigenvalue weighted by Crippen LogP contribution is -2.47. The van der Waals surface area contributed by atoms with Crippen LogP contribution in [0.5, 0.6) is 11.5 Å². The van der Waals surface area contributed by atoms with Crippen LogP contribution in [-0.4, -0.2) is 55.6 Å². The summed E-state index contributed by atoms with van der Waals surface area (Å²) in [6, 6.07) is 9.22. The number of hydrogen-bond acceptors (Lipinski definition) is 7. The van der Waals surface area contributed by atoms with Crippen LogP contribution in [0.4, 0.5) is 0 Å². The number of nitrogens with one attached hydrogen (secondary N) is 3. The SMILES string of the molecule is COc1ccc2c(c1)OCCNC(=O)[C@@H](NC(=O)c1ccc3nc(C)oc3c1)CCCCNC2=O. The quantitative estimate of drug-likeness (QED) is 0.524. The maximum Gasteiger partial charge on any atom is 0.255 e. The van der Waals surface area contributed by atoms with E-state index >= 15 is 0 Å². The number of amides is 3. The molecular formula is C25H28N4O6. The van der Waals surface area contributed by atoms with Gasteiger partial charge in [-0.1, -0.05) is 0 Å². The molecule has 184 valence electrons. The number of ether oxygens (including phenoxy) is 2. The van der Waals surface area contributed by atoms with Crippen molar-refractivity contribution < 1.29 is 28.3 Å². The van der Waals surface area contributed by atoms with Crippen molar-refractivity contribution in [1.82, 2.24) is 20.9 Å². The summed E-state index contributed by atoms with van der Waals surface area (Å²) in [6.07, 6.45) is 1.69. The number of aromatic nitrogens is 1. The number of rotatable bonds is 3. The van der Waals surface area contributed by atoms with Crippen molar-refractivity contribution in [3.63, 3.8) is 0 Å². The molecule has 35 heavy (non-hydrogen) atoms. The van der Waals surface area contributed by atoms with E-state index in [0.717, 1.165) is 0 Å². The van der Waals surface area contributed by atoms with E-state index in [2.05, 4.69) is 20.9 Å². The fourth-order valence-electron chi connectivity index (χ4n) is 3.86. The number of aryl methyl sites for hydroxylation is 1. The average Bonchev–Trinajstić information content (AvgIpc) is 3.23. The van der Waals surface area contributed by atoms with Gasteiger partial charge in [0.25, 0.3) is 11.8 Å². The number of fused-ring (bicyclic) bond motifs is 2. The molecule has 10 nitrogen and oxygen atoms in total. The first-order valence-corrected chi connectivity index (χ1v) is 11.5. The number of carbonyl (C=O) groups is 3. The second-order valence-electron chi connectivity index (χ2n) is 8.19. The average molecular weight is 481 g/mol. The molecule has 1 aliphatic rings. The van der Waals surface area contributed by atoms with Crippen molar-refractivity contribution in [2.24, 2.45) is 0 Å². The lowest BCUT2D eigenvalue weighted by Gasteiger charge is -2.20. The molecule has 2 aromatic carbocycles. The Morgan fingerprint density at radius 2 is 1.97 bits per heavy atom. The molecule has 1 atom stereocenters. The molecule has 2 heterocycles. The Kier molecular flexibility index (Phi) is 7.49. The van der Waals surface area contributed by atoms with Crippen molar-refractivity contribution >= 4 is 28.8 Å². The summed E-state index contributed by atoms with van der Waals surface area (Å²) in [4.78, 5) is 42.6. The monoisotopic (exact) mass is 480 g/mol. The lowest BCUT2D eigenvalue weighted by atomic mass is 10.1. The predicted molar refractivity (Wildman–Crippen MR) is 128 cm³/mol. The van der Waals surface area contributed by atoms with Gasteiger partial charge >= 0.3 is 0 Å². The Morgan fingerprint density at radius 1 is 1.11 bits per heavy atom. The number of hydrogen-bond donors (Lipinski definition) is 3. The van der Waals surface area contributed by atoms with Crippen molar-refractivity contribution in [2.75, 3.05) is 26.8 Å². The Balaban J connectivity index is 1.44. The van der Waals surface area contributed by atoms with E-state index in [1.807, 2.05) is 0 Å². The normalized spacial score (nSPS) is 17.4. The van der Waals surface area contributed by atoms with Gasteiger partial charge in [-0.25, -0.2) is 4.98 Å². The van der Waals surface area contributed by atoms with Crippen molar-refractivity contribution in [3.8, 4) is 11.5 Å². The molecule has 3 amide bonds. The molecular weight excluding hydrogens is 452 g/mol.